The third-order valence-corrected chi connectivity index (χ3v) is 4.48. The van der Waals surface area contributed by atoms with Crippen molar-refractivity contribution in [1.29, 1.82) is 0 Å². The Balaban J connectivity index is 1.99. The molecule has 0 heterocycles. The minimum atomic E-state index is -0.317. The Morgan fingerprint density at radius 2 is 1.69 bits per heavy atom. The fourth-order valence-electron chi connectivity index (χ4n) is 2.10. The first-order chi connectivity index (χ1) is 12.3. The fraction of sp³-hybridized carbons (Fsp3) is 0.167. The summed E-state index contributed by atoms with van der Waals surface area (Å²) in [6.45, 7) is 0. The van der Waals surface area contributed by atoms with Crippen LogP contribution in [-0.4, -0.2) is 43.0 Å². The van der Waals surface area contributed by atoms with Gasteiger partial charge in [0.25, 0.3) is 11.8 Å². The van der Waals surface area contributed by atoms with Gasteiger partial charge in [0.2, 0.25) is 0 Å². The van der Waals surface area contributed by atoms with Gasteiger partial charge in [-0.25, -0.2) is 0 Å². The van der Waals surface area contributed by atoms with E-state index in [9.17, 15) is 9.59 Å². The molecule has 6 nitrogen and oxygen atoms in total. The number of carbonyl (C=O) groups is 2. The van der Waals surface area contributed by atoms with E-state index in [1.807, 2.05) is 0 Å². The molecule has 0 spiro atoms. The summed E-state index contributed by atoms with van der Waals surface area (Å²) >= 11 is 7.27. The molecular weight excluding hydrogens is 465 g/mol. The van der Waals surface area contributed by atoms with Gasteiger partial charge in [0.05, 0.1) is 10.7 Å². The van der Waals surface area contributed by atoms with Crippen LogP contribution in [-0.2, 0) is 0 Å². The molecule has 2 N–H and O–H groups in total. The largest absolute Gasteiger partial charge is 0.496 e. The Labute approximate surface area is 171 Å². The fourth-order valence-corrected chi connectivity index (χ4v) is 3.05. The van der Waals surface area contributed by atoms with Gasteiger partial charge < -0.3 is 15.0 Å². The molecule has 0 aliphatic rings. The van der Waals surface area contributed by atoms with Gasteiger partial charge in [-0.3, -0.25) is 14.9 Å². The van der Waals surface area contributed by atoms with Crippen molar-refractivity contribution in [2.24, 2.45) is 0 Å². The Kier molecular flexibility index (Phi) is 6.92. The number of amides is 2. The summed E-state index contributed by atoms with van der Waals surface area (Å²) < 4.78 is 6.01. The SMILES string of the molecule is COc1ccc(C(=O)NC(=S)Nc2ccc(C(=O)N(C)C)cc2)cc1I. The molecule has 0 atom stereocenters. The lowest BCUT2D eigenvalue weighted by atomic mass is 10.2. The molecule has 0 saturated heterocycles. The molecule has 0 saturated carbocycles. The Hall–Kier alpha value is -2.20. The van der Waals surface area contributed by atoms with Crippen LogP contribution in [0.25, 0.3) is 0 Å². The summed E-state index contributed by atoms with van der Waals surface area (Å²) in [5.41, 5.74) is 1.73. The van der Waals surface area contributed by atoms with E-state index in [2.05, 4.69) is 33.2 Å². The second-order valence-electron chi connectivity index (χ2n) is 5.53. The van der Waals surface area contributed by atoms with Crippen LogP contribution in [0.15, 0.2) is 42.5 Å². The number of hydrogen-bond donors (Lipinski definition) is 2. The summed E-state index contributed by atoms with van der Waals surface area (Å²) in [4.78, 5) is 25.7. The molecule has 0 aromatic heterocycles. The zero-order valence-electron chi connectivity index (χ0n) is 14.5. The Morgan fingerprint density at radius 1 is 1.08 bits per heavy atom. The third-order valence-electron chi connectivity index (χ3n) is 3.44. The minimum Gasteiger partial charge on any atom is -0.496 e. The monoisotopic (exact) mass is 483 g/mol. The molecule has 0 aliphatic carbocycles. The molecule has 2 rings (SSSR count). The Morgan fingerprint density at radius 3 is 2.23 bits per heavy atom. The predicted molar refractivity (Wildman–Crippen MR) is 114 cm³/mol. The smallest absolute Gasteiger partial charge is 0.257 e. The van der Waals surface area contributed by atoms with Crippen molar-refractivity contribution in [2.75, 3.05) is 26.5 Å². The van der Waals surface area contributed by atoms with E-state index in [-0.39, 0.29) is 16.9 Å². The number of anilines is 1. The number of ether oxygens (including phenoxy) is 1. The lowest BCUT2D eigenvalue weighted by Gasteiger charge is -2.12. The van der Waals surface area contributed by atoms with Crippen molar-refractivity contribution < 1.29 is 14.3 Å². The minimum absolute atomic E-state index is 0.0819. The van der Waals surface area contributed by atoms with Crippen molar-refractivity contribution >= 4 is 57.4 Å². The molecule has 26 heavy (non-hydrogen) atoms. The van der Waals surface area contributed by atoms with Crippen molar-refractivity contribution in [1.82, 2.24) is 10.2 Å². The summed E-state index contributed by atoms with van der Waals surface area (Å²) in [7, 11) is 4.96. The molecule has 0 bridgehead atoms. The maximum absolute atomic E-state index is 12.3. The van der Waals surface area contributed by atoms with Crippen LogP contribution < -0.4 is 15.4 Å². The zero-order chi connectivity index (χ0) is 19.3. The highest BCUT2D eigenvalue weighted by atomic mass is 127. The van der Waals surface area contributed by atoms with Gasteiger partial charge in [-0.05, 0) is 77.3 Å². The van der Waals surface area contributed by atoms with Crippen molar-refractivity contribution in [2.45, 2.75) is 0 Å². The maximum Gasteiger partial charge on any atom is 0.257 e. The summed E-state index contributed by atoms with van der Waals surface area (Å²) in [6, 6.07) is 12.0. The molecular formula is C18H18IN3O3S. The molecule has 0 unspecified atom stereocenters. The summed E-state index contributed by atoms with van der Waals surface area (Å²) in [5, 5.41) is 5.72. The number of hydrogen-bond acceptors (Lipinski definition) is 4. The van der Waals surface area contributed by atoms with Gasteiger partial charge in [0.1, 0.15) is 5.75 Å². The first-order valence-electron chi connectivity index (χ1n) is 7.59. The first kappa shape index (κ1) is 20.1. The van der Waals surface area contributed by atoms with E-state index in [1.54, 1.807) is 63.7 Å². The second-order valence-corrected chi connectivity index (χ2v) is 7.10. The van der Waals surface area contributed by atoms with Crippen molar-refractivity contribution in [3.05, 3.63) is 57.2 Å². The first-order valence-corrected chi connectivity index (χ1v) is 9.08. The van der Waals surface area contributed by atoms with Crippen LogP contribution in [0.4, 0.5) is 5.69 Å². The normalized spacial score (nSPS) is 10.0. The molecule has 8 heteroatoms. The predicted octanol–water partition coefficient (Wildman–Crippen LogP) is 3.13. The number of carbonyl (C=O) groups excluding carboxylic acids is 2. The molecule has 2 amide bonds. The number of halogens is 1. The highest BCUT2D eigenvalue weighted by Crippen LogP contribution is 2.21. The average molecular weight is 483 g/mol. The van der Waals surface area contributed by atoms with Gasteiger partial charge in [0, 0.05) is 30.9 Å². The summed E-state index contributed by atoms with van der Waals surface area (Å²) in [5.74, 6) is 0.305. The number of nitrogens with zero attached hydrogens (tertiary/aromatic N) is 1. The van der Waals surface area contributed by atoms with Crippen LogP contribution >= 0.6 is 34.8 Å². The van der Waals surface area contributed by atoms with Gasteiger partial charge >= 0.3 is 0 Å². The van der Waals surface area contributed by atoms with Gasteiger partial charge in [-0.15, -0.1) is 0 Å². The molecule has 0 radical (unpaired) electrons. The molecule has 2 aromatic rings. The highest BCUT2D eigenvalue weighted by Gasteiger charge is 2.11. The molecule has 136 valence electrons. The Bertz CT molecular complexity index is 838. The van der Waals surface area contributed by atoms with Gasteiger partial charge in [0.15, 0.2) is 5.11 Å². The van der Waals surface area contributed by atoms with E-state index in [0.29, 0.717) is 22.6 Å². The van der Waals surface area contributed by atoms with E-state index in [1.165, 1.54) is 4.90 Å². The summed E-state index contributed by atoms with van der Waals surface area (Å²) in [6.07, 6.45) is 0. The lowest BCUT2D eigenvalue weighted by Crippen LogP contribution is -2.34. The third kappa shape index (κ3) is 5.15. The van der Waals surface area contributed by atoms with Crippen LogP contribution in [0.2, 0.25) is 0 Å². The zero-order valence-corrected chi connectivity index (χ0v) is 17.5. The highest BCUT2D eigenvalue weighted by molar-refractivity contribution is 14.1. The lowest BCUT2D eigenvalue weighted by molar-refractivity contribution is 0.0827. The van der Waals surface area contributed by atoms with Gasteiger partial charge in [-0.2, -0.15) is 0 Å². The van der Waals surface area contributed by atoms with E-state index >= 15 is 0 Å². The topological polar surface area (TPSA) is 70.7 Å². The average Bonchev–Trinajstić information content (AvgIpc) is 2.61. The van der Waals surface area contributed by atoms with Crippen LogP contribution in [0.1, 0.15) is 20.7 Å². The number of methoxy groups -OCH3 is 1. The van der Waals surface area contributed by atoms with Crippen molar-refractivity contribution in [3.63, 3.8) is 0 Å². The molecule has 2 aromatic carbocycles. The van der Waals surface area contributed by atoms with Crippen LogP contribution in [0, 0.1) is 3.57 Å². The van der Waals surface area contributed by atoms with Crippen molar-refractivity contribution in [3.8, 4) is 5.75 Å². The van der Waals surface area contributed by atoms with Crippen LogP contribution in [0.5, 0.6) is 5.75 Å². The standard InChI is InChI=1S/C18H18IN3O3S/c1-22(2)17(24)11-4-7-13(8-5-11)20-18(26)21-16(23)12-6-9-15(25-3)14(19)10-12/h4-10H,1-3H3,(H2,20,21,23,26). The number of nitrogens with one attached hydrogen (secondary N) is 2. The van der Waals surface area contributed by atoms with E-state index in [0.717, 1.165) is 3.57 Å². The number of rotatable bonds is 4. The molecule has 0 aliphatic heterocycles. The quantitative estimate of drug-likeness (QED) is 0.517. The maximum atomic E-state index is 12.3. The number of benzene rings is 2. The van der Waals surface area contributed by atoms with E-state index < -0.39 is 0 Å². The van der Waals surface area contributed by atoms with Crippen LogP contribution in [0.3, 0.4) is 0 Å². The van der Waals surface area contributed by atoms with Gasteiger partial charge in [-0.1, -0.05) is 0 Å². The number of thiocarbonyl (C=S) groups is 1. The van der Waals surface area contributed by atoms with E-state index in [4.69, 9.17) is 17.0 Å². The molecule has 0 fully saturated rings. The second kappa shape index (κ2) is 8.95.